The van der Waals surface area contributed by atoms with Gasteiger partial charge >= 0.3 is 12.0 Å². The fraction of sp³-hybridized carbons (Fsp3) is 0.318. The summed E-state index contributed by atoms with van der Waals surface area (Å²) in [5.41, 5.74) is 3.68. The third-order valence-corrected chi connectivity index (χ3v) is 5.57. The monoisotopic (exact) mass is 411 g/mol. The molecule has 0 spiro atoms. The molecule has 0 aliphatic carbocycles. The molecule has 1 N–H and O–H groups in total. The van der Waals surface area contributed by atoms with Crippen molar-refractivity contribution in [2.45, 2.75) is 19.4 Å². The van der Waals surface area contributed by atoms with E-state index in [2.05, 4.69) is 27.3 Å². The van der Waals surface area contributed by atoms with Crippen molar-refractivity contribution in [3.05, 3.63) is 64.7 Å². The Labute approximate surface area is 174 Å². The van der Waals surface area contributed by atoms with E-state index in [1.807, 2.05) is 24.3 Å². The van der Waals surface area contributed by atoms with Crippen LogP contribution in [0.4, 0.5) is 10.5 Å². The SMILES string of the molecule is CCOC(=O)C1C(CN2CCc3ccccc32)=NC(=O)NC1c1ccc(Cl)cc1. The van der Waals surface area contributed by atoms with Gasteiger partial charge < -0.3 is 15.0 Å². The standard InChI is InChI=1S/C22H22ClN3O3/c1-2-29-21(27)19-17(13-26-12-11-14-5-3-4-6-18(14)26)24-22(28)25-20(19)15-7-9-16(23)10-8-15/h3-10,19-20H,2,11-13H2,1H3,(H,25,28). The van der Waals surface area contributed by atoms with Crippen molar-refractivity contribution < 1.29 is 14.3 Å². The number of urea groups is 1. The maximum absolute atomic E-state index is 12.9. The van der Waals surface area contributed by atoms with Gasteiger partial charge in [0.05, 0.1) is 24.9 Å². The zero-order valence-electron chi connectivity index (χ0n) is 16.1. The molecule has 0 fully saturated rings. The van der Waals surface area contributed by atoms with E-state index in [0.717, 1.165) is 24.2 Å². The van der Waals surface area contributed by atoms with Crippen LogP contribution in [0.3, 0.4) is 0 Å². The highest BCUT2D eigenvalue weighted by Crippen LogP contribution is 2.32. The summed E-state index contributed by atoms with van der Waals surface area (Å²) in [5.74, 6) is -1.08. The van der Waals surface area contributed by atoms with Crippen LogP contribution in [0.1, 0.15) is 24.1 Å². The summed E-state index contributed by atoms with van der Waals surface area (Å²) in [6.07, 6.45) is 0.931. The van der Waals surface area contributed by atoms with Crippen LogP contribution < -0.4 is 10.2 Å². The molecule has 0 radical (unpaired) electrons. The van der Waals surface area contributed by atoms with E-state index in [-0.39, 0.29) is 6.61 Å². The maximum atomic E-state index is 12.9. The Balaban J connectivity index is 1.67. The van der Waals surface area contributed by atoms with Crippen molar-refractivity contribution >= 4 is 35.0 Å². The zero-order chi connectivity index (χ0) is 20.4. The van der Waals surface area contributed by atoms with Crippen LogP contribution in [0, 0.1) is 5.92 Å². The summed E-state index contributed by atoms with van der Waals surface area (Å²) < 4.78 is 5.34. The predicted octanol–water partition coefficient (Wildman–Crippen LogP) is 3.79. The lowest BCUT2D eigenvalue weighted by Crippen LogP contribution is -2.48. The predicted molar refractivity (Wildman–Crippen MR) is 113 cm³/mol. The van der Waals surface area contributed by atoms with Gasteiger partial charge in [-0.1, -0.05) is 41.9 Å². The van der Waals surface area contributed by atoms with Crippen LogP contribution in [0.2, 0.25) is 5.02 Å². The Bertz CT molecular complexity index is 958. The molecule has 0 bridgehead atoms. The minimum Gasteiger partial charge on any atom is -0.465 e. The first-order valence-electron chi connectivity index (χ1n) is 9.69. The molecule has 2 unspecified atom stereocenters. The molecule has 7 heteroatoms. The third kappa shape index (κ3) is 3.98. The second kappa shape index (κ2) is 8.25. The van der Waals surface area contributed by atoms with Gasteiger partial charge in [-0.15, -0.1) is 0 Å². The molecule has 2 aromatic rings. The normalized spacial score (nSPS) is 20.7. The van der Waals surface area contributed by atoms with Gasteiger partial charge in [-0.3, -0.25) is 4.79 Å². The van der Waals surface area contributed by atoms with Crippen molar-refractivity contribution in [1.29, 1.82) is 0 Å². The molecule has 150 valence electrons. The van der Waals surface area contributed by atoms with Gasteiger partial charge in [0.1, 0.15) is 5.92 Å². The Morgan fingerprint density at radius 3 is 2.76 bits per heavy atom. The molecule has 0 saturated heterocycles. The Kier molecular flexibility index (Phi) is 5.53. The minimum absolute atomic E-state index is 0.260. The van der Waals surface area contributed by atoms with Crippen LogP contribution in [0.25, 0.3) is 0 Å². The topological polar surface area (TPSA) is 71.0 Å². The molecule has 2 aliphatic heterocycles. The second-order valence-corrected chi connectivity index (χ2v) is 7.55. The fourth-order valence-electron chi connectivity index (χ4n) is 3.99. The highest BCUT2D eigenvalue weighted by atomic mass is 35.5. The van der Waals surface area contributed by atoms with Crippen molar-refractivity contribution in [2.24, 2.45) is 10.9 Å². The molecule has 2 amide bonds. The second-order valence-electron chi connectivity index (χ2n) is 7.11. The quantitative estimate of drug-likeness (QED) is 0.760. The molecule has 0 aromatic heterocycles. The number of nitrogens with zero attached hydrogens (tertiary/aromatic N) is 2. The molecule has 6 nitrogen and oxygen atoms in total. The highest BCUT2D eigenvalue weighted by Gasteiger charge is 2.40. The van der Waals surface area contributed by atoms with Crippen LogP contribution in [0.15, 0.2) is 53.5 Å². The van der Waals surface area contributed by atoms with Crippen LogP contribution in [-0.4, -0.2) is 37.4 Å². The number of halogens is 1. The van der Waals surface area contributed by atoms with E-state index >= 15 is 0 Å². The van der Waals surface area contributed by atoms with Crippen molar-refractivity contribution in [3.63, 3.8) is 0 Å². The summed E-state index contributed by atoms with van der Waals surface area (Å²) >= 11 is 6.01. The molecule has 0 saturated carbocycles. The lowest BCUT2D eigenvalue weighted by atomic mass is 9.87. The van der Waals surface area contributed by atoms with E-state index in [9.17, 15) is 9.59 Å². The molecular formula is C22H22ClN3O3. The number of aliphatic imine (C=N–C) groups is 1. The number of esters is 1. The van der Waals surface area contributed by atoms with Crippen LogP contribution in [-0.2, 0) is 16.0 Å². The number of rotatable bonds is 5. The number of amides is 2. The van der Waals surface area contributed by atoms with Crippen molar-refractivity contribution in [1.82, 2.24) is 5.32 Å². The average Bonchev–Trinajstić information content (AvgIpc) is 3.11. The number of carbonyl (C=O) groups excluding carboxylic acids is 2. The van der Waals surface area contributed by atoms with Crippen LogP contribution >= 0.6 is 11.6 Å². The summed E-state index contributed by atoms with van der Waals surface area (Å²) in [5, 5.41) is 3.42. The first kappa shape index (κ1) is 19.5. The number of hydrogen-bond donors (Lipinski definition) is 1. The smallest absolute Gasteiger partial charge is 0.341 e. The van der Waals surface area contributed by atoms with Gasteiger partial charge in [0, 0.05) is 17.3 Å². The summed E-state index contributed by atoms with van der Waals surface area (Å²) in [6.45, 7) is 3.25. The van der Waals surface area contributed by atoms with Crippen molar-refractivity contribution in [2.75, 3.05) is 24.6 Å². The van der Waals surface area contributed by atoms with E-state index in [1.54, 1.807) is 19.1 Å². The average molecular weight is 412 g/mol. The number of carbonyl (C=O) groups is 2. The van der Waals surface area contributed by atoms with Gasteiger partial charge in [0.2, 0.25) is 0 Å². The number of ether oxygens (including phenoxy) is 1. The molecule has 2 heterocycles. The van der Waals surface area contributed by atoms with Crippen LogP contribution in [0.5, 0.6) is 0 Å². The minimum atomic E-state index is -0.693. The van der Waals surface area contributed by atoms with Gasteiger partial charge in [0.25, 0.3) is 0 Å². The molecule has 2 aromatic carbocycles. The zero-order valence-corrected chi connectivity index (χ0v) is 16.9. The van der Waals surface area contributed by atoms with Gasteiger partial charge in [-0.25, -0.2) is 9.79 Å². The van der Waals surface area contributed by atoms with E-state index in [4.69, 9.17) is 16.3 Å². The first-order chi connectivity index (χ1) is 14.1. The summed E-state index contributed by atoms with van der Waals surface area (Å²) in [7, 11) is 0. The number of fused-ring (bicyclic) bond motifs is 1. The first-order valence-corrected chi connectivity index (χ1v) is 10.1. The highest BCUT2D eigenvalue weighted by molar-refractivity contribution is 6.30. The Morgan fingerprint density at radius 2 is 2.00 bits per heavy atom. The number of anilines is 1. The van der Waals surface area contributed by atoms with E-state index in [0.29, 0.717) is 17.3 Å². The van der Waals surface area contributed by atoms with E-state index in [1.165, 1.54) is 5.56 Å². The third-order valence-electron chi connectivity index (χ3n) is 5.32. The molecular weight excluding hydrogens is 390 g/mol. The Hall–Kier alpha value is -2.86. The Morgan fingerprint density at radius 1 is 1.24 bits per heavy atom. The van der Waals surface area contributed by atoms with E-state index < -0.39 is 24.0 Å². The summed E-state index contributed by atoms with van der Waals surface area (Å²) in [6, 6.07) is 14.3. The largest absolute Gasteiger partial charge is 0.465 e. The number of nitrogens with one attached hydrogen (secondary N) is 1. The molecule has 2 atom stereocenters. The lowest BCUT2D eigenvalue weighted by Gasteiger charge is -2.33. The number of hydrogen-bond acceptors (Lipinski definition) is 4. The van der Waals surface area contributed by atoms with Gasteiger partial charge in [-0.2, -0.15) is 0 Å². The summed E-state index contributed by atoms with van der Waals surface area (Å²) in [4.78, 5) is 31.6. The molecule has 4 rings (SSSR count). The lowest BCUT2D eigenvalue weighted by molar-refractivity contribution is -0.146. The fourth-order valence-corrected chi connectivity index (χ4v) is 4.12. The van der Waals surface area contributed by atoms with Crippen molar-refractivity contribution in [3.8, 4) is 0 Å². The van der Waals surface area contributed by atoms with Gasteiger partial charge in [0.15, 0.2) is 0 Å². The maximum Gasteiger partial charge on any atom is 0.341 e. The number of benzene rings is 2. The molecule has 2 aliphatic rings. The number of para-hydroxylation sites is 1. The van der Waals surface area contributed by atoms with Gasteiger partial charge in [-0.05, 0) is 42.7 Å². The molecule has 29 heavy (non-hydrogen) atoms.